The molecule has 0 aliphatic carbocycles. The predicted molar refractivity (Wildman–Crippen MR) is 85.0 cm³/mol. The van der Waals surface area contributed by atoms with Gasteiger partial charge in [0.15, 0.2) is 0 Å². The zero-order valence-corrected chi connectivity index (χ0v) is 12.4. The minimum absolute atomic E-state index is 0.131. The van der Waals surface area contributed by atoms with Crippen molar-refractivity contribution in [2.24, 2.45) is 11.7 Å². The monoisotopic (exact) mass is 289 g/mol. The van der Waals surface area contributed by atoms with Gasteiger partial charge in [-0.05, 0) is 54.1 Å². The third-order valence-electron chi connectivity index (χ3n) is 3.65. The van der Waals surface area contributed by atoms with E-state index in [-0.39, 0.29) is 12.5 Å². The van der Waals surface area contributed by atoms with Gasteiger partial charge in [0.05, 0.1) is 0 Å². The first-order chi connectivity index (χ1) is 9.65. The molecule has 0 aliphatic rings. The first-order valence-electron chi connectivity index (χ1n) is 6.81. The standard InChI is InChI=1S/C17H20ClNO/c1-12-16(3-2-4-17(12)18)15-7-5-13(6-8-15)9-14(10-19)11-20/h2-8,14,20H,9-11,19H2,1H3. The Labute approximate surface area is 125 Å². The van der Waals surface area contributed by atoms with Gasteiger partial charge < -0.3 is 10.8 Å². The van der Waals surface area contributed by atoms with Crippen LogP contribution in [-0.2, 0) is 6.42 Å². The molecule has 3 heteroatoms. The maximum absolute atomic E-state index is 9.19. The first-order valence-corrected chi connectivity index (χ1v) is 7.19. The van der Waals surface area contributed by atoms with Gasteiger partial charge >= 0.3 is 0 Å². The number of hydrogen-bond acceptors (Lipinski definition) is 2. The van der Waals surface area contributed by atoms with Crippen LogP contribution >= 0.6 is 11.6 Å². The van der Waals surface area contributed by atoms with E-state index in [9.17, 15) is 5.11 Å². The minimum atomic E-state index is 0.131. The highest BCUT2D eigenvalue weighted by molar-refractivity contribution is 6.31. The van der Waals surface area contributed by atoms with E-state index in [1.165, 1.54) is 5.56 Å². The zero-order chi connectivity index (χ0) is 14.5. The van der Waals surface area contributed by atoms with Gasteiger partial charge in [-0.15, -0.1) is 0 Å². The molecule has 0 spiro atoms. The average Bonchev–Trinajstić information content (AvgIpc) is 2.48. The van der Waals surface area contributed by atoms with Crippen molar-refractivity contribution in [3.05, 3.63) is 58.6 Å². The number of hydrogen-bond donors (Lipinski definition) is 2. The molecule has 0 radical (unpaired) electrons. The first kappa shape index (κ1) is 15.0. The number of aliphatic hydroxyl groups excluding tert-OH is 1. The maximum Gasteiger partial charge on any atom is 0.0474 e. The van der Waals surface area contributed by atoms with E-state index in [0.29, 0.717) is 6.54 Å². The second-order valence-corrected chi connectivity index (χ2v) is 5.50. The van der Waals surface area contributed by atoms with Crippen LogP contribution in [0.5, 0.6) is 0 Å². The highest BCUT2D eigenvalue weighted by Crippen LogP contribution is 2.28. The van der Waals surface area contributed by atoms with Crippen molar-refractivity contribution in [3.63, 3.8) is 0 Å². The molecule has 2 nitrogen and oxygen atoms in total. The molecule has 0 saturated heterocycles. The van der Waals surface area contributed by atoms with Crippen molar-refractivity contribution in [2.45, 2.75) is 13.3 Å². The SMILES string of the molecule is Cc1c(Cl)cccc1-c1ccc(CC(CN)CO)cc1. The van der Waals surface area contributed by atoms with Crippen molar-refractivity contribution in [1.82, 2.24) is 0 Å². The Morgan fingerprint density at radius 2 is 1.85 bits per heavy atom. The van der Waals surface area contributed by atoms with Crippen LogP contribution in [0.3, 0.4) is 0 Å². The fraction of sp³-hybridized carbons (Fsp3) is 0.294. The highest BCUT2D eigenvalue weighted by Gasteiger charge is 2.08. The molecule has 0 fully saturated rings. The molecule has 1 unspecified atom stereocenters. The number of rotatable bonds is 5. The van der Waals surface area contributed by atoms with Crippen molar-refractivity contribution in [3.8, 4) is 11.1 Å². The normalized spacial score (nSPS) is 12.4. The Bertz CT molecular complexity index is 562. The van der Waals surface area contributed by atoms with E-state index in [4.69, 9.17) is 17.3 Å². The van der Waals surface area contributed by atoms with Crippen LogP contribution in [0, 0.1) is 12.8 Å². The van der Waals surface area contributed by atoms with Crippen LogP contribution in [0.2, 0.25) is 5.02 Å². The Kier molecular flexibility index (Phi) is 5.18. The molecule has 0 amide bonds. The third kappa shape index (κ3) is 3.40. The molecule has 3 N–H and O–H groups in total. The second kappa shape index (κ2) is 6.89. The lowest BCUT2D eigenvalue weighted by Gasteiger charge is -2.12. The van der Waals surface area contributed by atoms with Gasteiger partial charge in [-0.3, -0.25) is 0 Å². The molecule has 2 rings (SSSR count). The Hall–Kier alpha value is -1.35. The molecule has 20 heavy (non-hydrogen) atoms. The van der Waals surface area contributed by atoms with Crippen LogP contribution < -0.4 is 5.73 Å². The minimum Gasteiger partial charge on any atom is -0.396 e. The second-order valence-electron chi connectivity index (χ2n) is 5.10. The largest absolute Gasteiger partial charge is 0.396 e. The molecular weight excluding hydrogens is 270 g/mol. The van der Waals surface area contributed by atoms with Gasteiger partial charge in [0.25, 0.3) is 0 Å². The predicted octanol–water partition coefficient (Wildman–Crippen LogP) is 3.43. The summed E-state index contributed by atoms with van der Waals surface area (Å²) >= 11 is 6.16. The van der Waals surface area contributed by atoms with E-state index >= 15 is 0 Å². The lowest BCUT2D eigenvalue weighted by atomic mass is 9.96. The van der Waals surface area contributed by atoms with Crippen molar-refractivity contribution >= 4 is 11.6 Å². The number of halogens is 1. The van der Waals surface area contributed by atoms with Crippen LogP contribution in [0.25, 0.3) is 11.1 Å². The average molecular weight is 290 g/mol. The van der Waals surface area contributed by atoms with E-state index < -0.39 is 0 Å². The Morgan fingerprint density at radius 1 is 1.15 bits per heavy atom. The van der Waals surface area contributed by atoms with Gasteiger partial charge in [0.1, 0.15) is 0 Å². The number of aliphatic hydroxyl groups is 1. The third-order valence-corrected chi connectivity index (χ3v) is 4.06. The van der Waals surface area contributed by atoms with Gasteiger partial charge in [-0.25, -0.2) is 0 Å². The van der Waals surface area contributed by atoms with E-state index in [2.05, 4.69) is 30.3 Å². The summed E-state index contributed by atoms with van der Waals surface area (Å²) in [5, 5.41) is 9.98. The summed E-state index contributed by atoms with van der Waals surface area (Å²) in [4.78, 5) is 0. The van der Waals surface area contributed by atoms with Crippen LogP contribution in [0.1, 0.15) is 11.1 Å². The summed E-state index contributed by atoms with van der Waals surface area (Å²) in [5.41, 5.74) is 10.2. The smallest absolute Gasteiger partial charge is 0.0474 e. The maximum atomic E-state index is 9.19. The molecule has 2 aromatic carbocycles. The summed E-state index contributed by atoms with van der Waals surface area (Å²) in [7, 11) is 0. The molecule has 0 bridgehead atoms. The number of nitrogens with two attached hydrogens (primary N) is 1. The molecule has 1 atom stereocenters. The van der Waals surface area contributed by atoms with Crippen LogP contribution in [-0.4, -0.2) is 18.3 Å². The molecule has 0 aromatic heterocycles. The lowest BCUT2D eigenvalue weighted by Crippen LogP contribution is -2.20. The molecule has 106 valence electrons. The summed E-state index contributed by atoms with van der Waals surface area (Å²) in [6.07, 6.45) is 0.807. The Morgan fingerprint density at radius 3 is 2.45 bits per heavy atom. The Balaban J connectivity index is 2.22. The molecule has 2 aromatic rings. The fourth-order valence-corrected chi connectivity index (χ4v) is 2.47. The molecule has 0 aliphatic heterocycles. The van der Waals surface area contributed by atoms with Crippen LogP contribution in [0.4, 0.5) is 0 Å². The molecule has 0 saturated carbocycles. The summed E-state index contributed by atoms with van der Waals surface area (Å²) in [6.45, 7) is 2.67. The van der Waals surface area contributed by atoms with E-state index in [1.54, 1.807) is 0 Å². The lowest BCUT2D eigenvalue weighted by molar-refractivity contribution is 0.230. The number of benzene rings is 2. The van der Waals surface area contributed by atoms with Gasteiger partial charge in [0.2, 0.25) is 0 Å². The van der Waals surface area contributed by atoms with Crippen LogP contribution in [0.15, 0.2) is 42.5 Å². The van der Waals surface area contributed by atoms with Crippen molar-refractivity contribution in [2.75, 3.05) is 13.2 Å². The topological polar surface area (TPSA) is 46.2 Å². The molecular formula is C17H20ClNO. The molecule has 0 heterocycles. The van der Waals surface area contributed by atoms with Gasteiger partial charge in [-0.2, -0.15) is 0 Å². The van der Waals surface area contributed by atoms with E-state index in [0.717, 1.165) is 28.1 Å². The fourth-order valence-electron chi connectivity index (χ4n) is 2.30. The van der Waals surface area contributed by atoms with E-state index in [1.807, 2.05) is 19.1 Å². The van der Waals surface area contributed by atoms with Crippen molar-refractivity contribution in [1.29, 1.82) is 0 Å². The summed E-state index contributed by atoms with van der Waals surface area (Å²) in [5.74, 6) is 0.133. The zero-order valence-electron chi connectivity index (χ0n) is 11.6. The van der Waals surface area contributed by atoms with Crippen molar-refractivity contribution < 1.29 is 5.11 Å². The quantitative estimate of drug-likeness (QED) is 0.886. The van der Waals surface area contributed by atoms with Gasteiger partial charge in [-0.1, -0.05) is 48.0 Å². The highest BCUT2D eigenvalue weighted by atomic mass is 35.5. The van der Waals surface area contributed by atoms with Gasteiger partial charge in [0, 0.05) is 11.6 Å². The summed E-state index contributed by atoms with van der Waals surface area (Å²) < 4.78 is 0. The summed E-state index contributed by atoms with van der Waals surface area (Å²) in [6, 6.07) is 14.3.